The van der Waals surface area contributed by atoms with Gasteiger partial charge in [-0.05, 0) is 25.1 Å². The van der Waals surface area contributed by atoms with Gasteiger partial charge in [0, 0.05) is 34.2 Å². The van der Waals surface area contributed by atoms with E-state index in [0.29, 0.717) is 10.6 Å². The van der Waals surface area contributed by atoms with E-state index in [1.54, 1.807) is 0 Å². The number of aryl methyl sites for hydroxylation is 1. The molecule has 1 aromatic carbocycles. The molecule has 0 atom stereocenters. The summed E-state index contributed by atoms with van der Waals surface area (Å²) in [5.74, 6) is 0. The molecule has 72 valence electrons. The van der Waals surface area contributed by atoms with Crippen molar-refractivity contribution in [3.05, 3.63) is 35.0 Å². The molecule has 3 heteroatoms. The van der Waals surface area contributed by atoms with Crippen molar-refractivity contribution in [2.45, 2.75) is 13.5 Å². The minimum absolute atomic E-state index is 0.662. The molecule has 1 heterocycles. The van der Waals surface area contributed by atoms with Gasteiger partial charge < -0.3 is 4.57 Å². The Bertz CT molecular complexity index is 487. The first-order valence-corrected chi connectivity index (χ1v) is 4.87. The molecule has 0 amide bonds. The lowest BCUT2D eigenvalue weighted by atomic mass is 10.2. The number of nitrogens with zero attached hydrogens (tertiary/aromatic N) is 1. The second-order valence-electron chi connectivity index (χ2n) is 3.15. The number of fused-ring (bicyclic) bond motifs is 1. The standard InChI is InChI=1S/C11H10ClNO/c1-2-13-6-8(7-14)10-5-9(12)3-4-11(10)13/h3-7H,2H2,1H3. The molecule has 0 aliphatic carbocycles. The van der Waals surface area contributed by atoms with Crippen molar-refractivity contribution >= 4 is 28.8 Å². The van der Waals surface area contributed by atoms with Gasteiger partial charge in [0.05, 0.1) is 0 Å². The maximum Gasteiger partial charge on any atom is 0.152 e. The van der Waals surface area contributed by atoms with Gasteiger partial charge in [-0.3, -0.25) is 4.79 Å². The van der Waals surface area contributed by atoms with Gasteiger partial charge in [0.1, 0.15) is 0 Å². The predicted octanol–water partition coefficient (Wildman–Crippen LogP) is 3.13. The summed E-state index contributed by atoms with van der Waals surface area (Å²) >= 11 is 5.87. The summed E-state index contributed by atoms with van der Waals surface area (Å²) in [7, 11) is 0. The van der Waals surface area contributed by atoms with Crippen LogP contribution >= 0.6 is 11.6 Å². The predicted molar refractivity (Wildman–Crippen MR) is 58.0 cm³/mol. The fourth-order valence-electron chi connectivity index (χ4n) is 1.65. The maximum atomic E-state index is 10.8. The van der Waals surface area contributed by atoms with Gasteiger partial charge in [-0.15, -0.1) is 0 Å². The van der Waals surface area contributed by atoms with Crippen LogP contribution in [0.3, 0.4) is 0 Å². The zero-order valence-electron chi connectivity index (χ0n) is 7.83. The molecule has 0 aliphatic heterocycles. The normalized spacial score (nSPS) is 10.7. The van der Waals surface area contributed by atoms with E-state index in [1.165, 1.54) is 0 Å². The number of hydrogen-bond acceptors (Lipinski definition) is 1. The van der Waals surface area contributed by atoms with Gasteiger partial charge >= 0.3 is 0 Å². The van der Waals surface area contributed by atoms with Gasteiger partial charge in [0.2, 0.25) is 0 Å². The zero-order valence-corrected chi connectivity index (χ0v) is 8.58. The summed E-state index contributed by atoms with van der Waals surface area (Å²) in [5, 5.41) is 1.59. The van der Waals surface area contributed by atoms with Crippen molar-refractivity contribution in [2.75, 3.05) is 0 Å². The molecule has 0 N–H and O–H groups in total. The summed E-state index contributed by atoms with van der Waals surface area (Å²) in [4.78, 5) is 10.8. The van der Waals surface area contributed by atoms with Crippen LogP contribution in [0, 0.1) is 0 Å². The summed E-state index contributed by atoms with van der Waals surface area (Å²) in [6.07, 6.45) is 2.72. The van der Waals surface area contributed by atoms with Crippen molar-refractivity contribution in [3.63, 3.8) is 0 Å². The highest BCUT2D eigenvalue weighted by molar-refractivity contribution is 6.31. The minimum Gasteiger partial charge on any atom is -0.347 e. The van der Waals surface area contributed by atoms with Crippen LogP contribution in [0.2, 0.25) is 5.02 Å². The molecule has 2 nitrogen and oxygen atoms in total. The van der Waals surface area contributed by atoms with Gasteiger partial charge in [-0.25, -0.2) is 0 Å². The molecule has 0 aliphatic rings. The number of aromatic nitrogens is 1. The summed E-state index contributed by atoms with van der Waals surface area (Å²) in [6.45, 7) is 2.90. The number of aldehydes is 1. The molecule has 0 radical (unpaired) electrons. The highest BCUT2D eigenvalue weighted by Crippen LogP contribution is 2.23. The number of hydrogen-bond donors (Lipinski definition) is 0. The molecule has 2 aromatic rings. The van der Waals surface area contributed by atoms with Gasteiger partial charge in [-0.2, -0.15) is 0 Å². The Labute approximate surface area is 87.1 Å². The molecule has 14 heavy (non-hydrogen) atoms. The average Bonchev–Trinajstić information content (AvgIpc) is 2.55. The minimum atomic E-state index is 0.662. The van der Waals surface area contributed by atoms with Crippen LogP contribution in [0.5, 0.6) is 0 Å². The molecule has 0 fully saturated rings. The molecular weight excluding hydrogens is 198 g/mol. The largest absolute Gasteiger partial charge is 0.347 e. The van der Waals surface area contributed by atoms with Crippen LogP contribution in [0.15, 0.2) is 24.4 Å². The summed E-state index contributed by atoms with van der Waals surface area (Å²) in [5.41, 5.74) is 1.75. The Morgan fingerprint density at radius 2 is 2.29 bits per heavy atom. The third-order valence-electron chi connectivity index (χ3n) is 2.34. The van der Waals surface area contributed by atoms with E-state index in [9.17, 15) is 4.79 Å². The van der Waals surface area contributed by atoms with Crippen molar-refractivity contribution in [2.24, 2.45) is 0 Å². The highest BCUT2D eigenvalue weighted by atomic mass is 35.5. The van der Waals surface area contributed by atoms with E-state index in [1.807, 2.05) is 35.9 Å². The van der Waals surface area contributed by atoms with Gasteiger partial charge in [0.25, 0.3) is 0 Å². The molecule has 1 aromatic heterocycles. The van der Waals surface area contributed by atoms with E-state index in [2.05, 4.69) is 0 Å². The Morgan fingerprint density at radius 3 is 2.93 bits per heavy atom. The van der Waals surface area contributed by atoms with Crippen LogP contribution in [0.25, 0.3) is 10.9 Å². The second kappa shape index (κ2) is 3.46. The SMILES string of the molecule is CCn1cc(C=O)c2cc(Cl)ccc21. The molecule has 0 saturated heterocycles. The second-order valence-corrected chi connectivity index (χ2v) is 3.59. The number of carbonyl (C=O) groups excluding carboxylic acids is 1. The van der Waals surface area contributed by atoms with Crippen LogP contribution in [-0.4, -0.2) is 10.9 Å². The Kier molecular flexibility index (Phi) is 2.30. The number of halogens is 1. The van der Waals surface area contributed by atoms with Gasteiger partial charge in [-0.1, -0.05) is 11.6 Å². The number of carbonyl (C=O) groups is 1. The van der Waals surface area contributed by atoms with Crippen LogP contribution in [0.1, 0.15) is 17.3 Å². The smallest absolute Gasteiger partial charge is 0.152 e. The third kappa shape index (κ3) is 1.32. The monoisotopic (exact) mass is 207 g/mol. The Morgan fingerprint density at radius 1 is 1.50 bits per heavy atom. The lowest BCUT2D eigenvalue weighted by Crippen LogP contribution is -1.89. The van der Waals surface area contributed by atoms with Crippen LogP contribution in [0.4, 0.5) is 0 Å². The molecule has 0 bridgehead atoms. The topological polar surface area (TPSA) is 22.0 Å². The first-order chi connectivity index (χ1) is 6.76. The van der Waals surface area contributed by atoms with Crippen LogP contribution in [-0.2, 0) is 6.54 Å². The summed E-state index contributed by atoms with van der Waals surface area (Å²) in [6, 6.07) is 5.60. The Hall–Kier alpha value is -1.28. The average molecular weight is 208 g/mol. The fraction of sp³-hybridized carbons (Fsp3) is 0.182. The van der Waals surface area contributed by atoms with Crippen molar-refractivity contribution in [1.29, 1.82) is 0 Å². The first-order valence-electron chi connectivity index (χ1n) is 4.50. The lowest BCUT2D eigenvalue weighted by Gasteiger charge is -1.99. The lowest BCUT2D eigenvalue weighted by molar-refractivity contribution is 0.112. The Balaban J connectivity index is 2.82. The van der Waals surface area contributed by atoms with E-state index in [0.717, 1.165) is 23.7 Å². The maximum absolute atomic E-state index is 10.8. The van der Waals surface area contributed by atoms with Crippen molar-refractivity contribution < 1.29 is 4.79 Å². The molecule has 0 unspecified atom stereocenters. The highest BCUT2D eigenvalue weighted by Gasteiger charge is 2.06. The summed E-state index contributed by atoms with van der Waals surface area (Å²) < 4.78 is 2.04. The quantitative estimate of drug-likeness (QED) is 0.694. The molecule has 0 spiro atoms. The number of benzene rings is 1. The van der Waals surface area contributed by atoms with Gasteiger partial charge in [0.15, 0.2) is 6.29 Å². The van der Waals surface area contributed by atoms with E-state index < -0.39 is 0 Å². The van der Waals surface area contributed by atoms with Crippen LogP contribution < -0.4 is 0 Å². The van der Waals surface area contributed by atoms with Crippen molar-refractivity contribution in [1.82, 2.24) is 4.57 Å². The van der Waals surface area contributed by atoms with Crippen molar-refractivity contribution in [3.8, 4) is 0 Å². The van der Waals surface area contributed by atoms with E-state index in [4.69, 9.17) is 11.6 Å². The first kappa shape index (κ1) is 9.28. The molecule has 2 rings (SSSR count). The van der Waals surface area contributed by atoms with E-state index >= 15 is 0 Å². The molecular formula is C11H10ClNO. The number of rotatable bonds is 2. The fourth-order valence-corrected chi connectivity index (χ4v) is 1.82. The third-order valence-corrected chi connectivity index (χ3v) is 2.58. The molecule has 0 saturated carbocycles. The zero-order chi connectivity index (χ0) is 10.1. The van der Waals surface area contributed by atoms with E-state index in [-0.39, 0.29) is 0 Å².